The maximum Gasteiger partial charge on any atom is 0.225 e. The normalized spacial score (nSPS) is 19.5. The molecule has 102 valence electrons. The van der Waals surface area contributed by atoms with Gasteiger partial charge in [-0.05, 0) is 25.0 Å². The molecule has 4 heteroatoms. The number of hydrogen-bond donors (Lipinski definition) is 0. The molecule has 0 spiro atoms. The van der Waals surface area contributed by atoms with Gasteiger partial charge in [0.05, 0.1) is 20.2 Å². The number of nitrogens with zero attached hydrogens (tertiary/aromatic N) is 1. The molecule has 1 aliphatic heterocycles. The quantitative estimate of drug-likeness (QED) is 0.833. The van der Waals surface area contributed by atoms with E-state index in [4.69, 9.17) is 9.47 Å². The van der Waals surface area contributed by atoms with Gasteiger partial charge in [-0.25, -0.2) is 0 Å². The first-order valence-corrected chi connectivity index (χ1v) is 6.86. The Hall–Kier alpha value is -1.71. The topological polar surface area (TPSA) is 38.8 Å². The lowest BCUT2D eigenvalue weighted by atomic mass is 9.83. The molecule has 0 bridgehead atoms. The molecule has 0 aromatic heterocycles. The number of rotatable bonds is 4. The summed E-state index contributed by atoms with van der Waals surface area (Å²) in [5.74, 6) is 2.20. The highest BCUT2D eigenvalue weighted by molar-refractivity contribution is 5.80. The number of likely N-dealkylation sites (tertiary alicyclic amines) is 1. The third kappa shape index (κ3) is 2.53. The average Bonchev–Trinajstić information content (AvgIpc) is 2.31. The molecule has 1 heterocycles. The van der Waals surface area contributed by atoms with Gasteiger partial charge in [0, 0.05) is 12.0 Å². The molecule has 1 saturated carbocycles. The highest BCUT2D eigenvalue weighted by Crippen LogP contribution is 2.30. The van der Waals surface area contributed by atoms with E-state index in [2.05, 4.69) is 0 Å². The predicted octanol–water partition coefficient (Wildman–Crippen LogP) is 2.08. The van der Waals surface area contributed by atoms with Crippen LogP contribution in [0.25, 0.3) is 0 Å². The Balaban J connectivity index is 1.49. The van der Waals surface area contributed by atoms with E-state index in [0.717, 1.165) is 24.3 Å². The van der Waals surface area contributed by atoms with Gasteiger partial charge in [0.2, 0.25) is 5.91 Å². The second-order valence-electron chi connectivity index (χ2n) is 5.29. The van der Waals surface area contributed by atoms with Gasteiger partial charge >= 0.3 is 0 Å². The van der Waals surface area contributed by atoms with Crippen molar-refractivity contribution in [1.82, 2.24) is 4.90 Å². The smallest absolute Gasteiger partial charge is 0.225 e. The van der Waals surface area contributed by atoms with Crippen LogP contribution in [0.4, 0.5) is 0 Å². The molecule has 3 rings (SSSR count). The number of benzene rings is 1. The van der Waals surface area contributed by atoms with Crippen LogP contribution in [0.5, 0.6) is 11.5 Å². The lowest BCUT2D eigenvalue weighted by Gasteiger charge is -2.42. The standard InChI is InChI=1S/C15H19NO3/c1-18-12-6-3-7-13(8-12)19-14-9-16(10-14)15(17)11-4-2-5-11/h3,6-8,11,14H,2,4-5,9-10H2,1H3. The summed E-state index contributed by atoms with van der Waals surface area (Å²) in [6.07, 6.45) is 3.46. The van der Waals surface area contributed by atoms with Crippen molar-refractivity contribution in [2.75, 3.05) is 20.2 Å². The van der Waals surface area contributed by atoms with Crippen molar-refractivity contribution in [2.45, 2.75) is 25.4 Å². The highest BCUT2D eigenvalue weighted by Gasteiger charge is 2.37. The van der Waals surface area contributed by atoms with Crippen LogP contribution in [0.15, 0.2) is 24.3 Å². The molecule has 0 N–H and O–H groups in total. The van der Waals surface area contributed by atoms with Gasteiger partial charge in [-0.3, -0.25) is 4.79 Å². The van der Waals surface area contributed by atoms with E-state index < -0.39 is 0 Å². The highest BCUT2D eigenvalue weighted by atomic mass is 16.5. The van der Waals surface area contributed by atoms with Gasteiger partial charge in [0.25, 0.3) is 0 Å². The summed E-state index contributed by atoms with van der Waals surface area (Å²) in [5.41, 5.74) is 0. The monoisotopic (exact) mass is 261 g/mol. The third-order valence-electron chi connectivity index (χ3n) is 3.96. The summed E-state index contributed by atoms with van der Waals surface area (Å²) in [5, 5.41) is 0. The maximum atomic E-state index is 12.0. The summed E-state index contributed by atoms with van der Waals surface area (Å²) < 4.78 is 11.0. The predicted molar refractivity (Wildman–Crippen MR) is 71.3 cm³/mol. The van der Waals surface area contributed by atoms with Gasteiger partial charge in [-0.15, -0.1) is 0 Å². The van der Waals surface area contributed by atoms with Crippen molar-refractivity contribution in [2.24, 2.45) is 5.92 Å². The lowest BCUT2D eigenvalue weighted by Crippen LogP contribution is -2.58. The van der Waals surface area contributed by atoms with Gasteiger partial charge in [0.15, 0.2) is 0 Å². The number of amides is 1. The SMILES string of the molecule is COc1cccc(OC2CN(C(=O)C3CCC3)C2)c1. The fourth-order valence-corrected chi connectivity index (χ4v) is 2.47. The Labute approximate surface area is 113 Å². The first-order valence-electron chi connectivity index (χ1n) is 6.86. The first kappa shape index (κ1) is 12.3. The first-order chi connectivity index (χ1) is 9.26. The van der Waals surface area contributed by atoms with Crippen LogP contribution in [0.3, 0.4) is 0 Å². The lowest BCUT2D eigenvalue weighted by molar-refractivity contribution is -0.147. The molecule has 1 aromatic carbocycles. The van der Waals surface area contributed by atoms with Crippen LogP contribution in [-0.2, 0) is 4.79 Å². The molecular weight excluding hydrogens is 242 g/mol. The van der Waals surface area contributed by atoms with Crippen LogP contribution in [0.1, 0.15) is 19.3 Å². The van der Waals surface area contributed by atoms with E-state index in [0.29, 0.717) is 19.0 Å². The number of ether oxygens (including phenoxy) is 2. The zero-order valence-electron chi connectivity index (χ0n) is 11.2. The summed E-state index contributed by atoms with van der Waals surface area (Å²) in [6, 6.07) is 7.58. The van der Waals surface area contributed by atoms with Crippen LogP contribution in [0, 0.1) is 5.92 Å². The van der Waals surface area contributed by atoms with E-state index in [1.54, 1.807) is 7.11 Å². The van der Waals surface area contributed by atoms with Gasteiger partial charge < -0.3 is 14.4 Å². The molecule has 1 aromatic rings. The minimum absolute atomic E-state index is 0.121. The Morgan fingerprint density at radius 2 is 2.00 bits per heavy atom. The van der Waals surface area contributed by atoms with E-state index in [1.165, 1.54) is 6.42 Å². The van der Waals surface area contributed by atoms with E-state index in [9.17, 15) is 4.79 Å². The molecule has 19 heavy (non-hydrogen) atoms. The number of carbonyl (C=O) groups is 1. The molecule has 4 nitrogen and oxygen atoms in total. The zero-order chi connectivity index (χ0) is 13.2. The van der Waals surface area contributed by atoms with Crippen molar-refractivity contribution in [1.29, 1.82) is 0 Å². The summed E-state index contributed by atoms with van der Waals surface area (Å²) in [6.45, 7) is 1.43. The van der Waals surface area contributed by atoms with E-state index in [-0.39, 0.29) is 12.0 Å². The van der Waals surface area contributed by atoms with Crippen molar-refractivity contribution in [3.05, 3.63) is 24.3 Å². The molecular formula is C15H19NO3. The van der Waals surface area contributed by atoms with E-state index >= 15 is 0 Å². The molecule has 1 amide bonds. The summed E-state index contributed by atoms with van der Waals surface area (Å²) in [4.78, 5) is 13.9. The fraction of sp³-hybridized carbons (Fsp3) is 0.533. The van der Waals surface area contributed by atoms with Crippen LogP contribution < -0.4 is 9.47 Å². The Bertz CT molecular complexity index is 464. The average molecular weight is 261 g/mol. The number of methoxy groups -OCH3 is 1. The molecule has 1 saturated heterocycles. The zero-order valence-corrected chi connectivity index (χ0v) is 11.2. The second kappa shape index (κ2) is 5.11. The largest absolute Gasteiger partial charge is 0.497 e. The third-order valence-corrected chi connectivity index (χ3v) is 3.96. The fourth-order valence-electron chi connectivity index (χ4n) is 2.47. The van der Waals surface area contributed by atoms with Gasteiger partial charge in [0.1, 0.15) is 17.6 Å². The van der Waals surface area contributed by atoms with Crippen LogP contribution in [0.2, 0.25) is 0 Å². The van der Waals surface area contributed by atoms with Crippen molar-refractivity contribution >= 4 is 5.91 Å². The number of carbonyl (C=O) groups excluding carboxylic acids is 1. The molecule has 2 aliphatic rings. The molecule has 1 aliphatic carbocycles. The van der Waals surface area contributed by atoms with Crippen molar-refractivity contribution in [3.8, 4) is 11.5 Å². The minimum Gasteiger partial charge on any atom is -0.497 e. The summed E-state index contributed by atoms with van der Waals surface area (Å²) >= 11 is 0. The van der Waals surface area contributed by atoms with Crippen molar-refractivity contribution < 1.29 is 14.3 Å². The van der Waals surface area contributed by atoms with Crippen LogP contribution >= 0.6 is 0 Å². The minimum atomic E-state index is 0.121. The maximum absolute atomic E-state index is 12.0. The molecule has 2 fully saturated rings. The Kier molecular flexibility index (Phi) is 3.32. The van der Waals surface area contributed by atoms with Gasteiger partial charge in [-0.1, -0.05) is 12.5 Å². The number of hydrogen-bond acceptors (Lipinski definition) is 3. The Morgan fingerprint density at radius 3 is 2.63 bits per heavy atom. The van der Waals surface area contributed by atoms with Crippen LogP contribution in [-0.4, -0.2) is 37.1 Å². The molecule has 0 atom stereocenters. The summed E-state index contributed by atoms with van der Waals surface area (Å²) in [7, 11) is 1.64. The Morgan fingerprint density at radius 1 is 1.26 bits per heavy atom. The molecule has 0 radical (unpaired) electrons. The second-order valence-corrected chi connectivity index (χ2v) is 5.29. The van der Waals surface area contributed by atoms with Gasteiger partial charge in [-0.2, -0.15) is 0 Å². The molecule has 0 unspecified atom stereocenters. The van der Waals surface area contributed by atoms with Crippen molar-refractivity contribution in [3.63, 3.8) is 0 Å². The van der Waals surface area contributed by atoms with E-state index in [1.807, 2.05) is 29.2 Å².